The van der Waals surface area contributed by atoms with Gasteiger partial charge in [-0.1, -0.05) is 19.0 Å². The van der Waals surface area contributed by atoms with Crippen molar-refractivity contribution in [2.24, 2.45) is 39.7 Å². The predicted octanol–water partition coefficient (Wildman–Crippen LogP) is 4.79. The van der Waals surface area contributed by atoms with Crippen molar-refractivity contribution in [1.82, 2.24) is 0 Å². The molecule has 4 fully saturated rings. The first-order chi connectivity index (χ1) is 11.9. The molecule has 140 valence electrons. The summed E-state index contributed by atoms with van der Waals surface area (Å²) in [5, 5.41) is 13.1. The molecule has 0 radical (unpaired) electrons. The van der Waals surface area contributed by atoms with E-state index in [-0.39, 0.29) is 17.5 Å². The van der Waals surface area contributed by atoms with E-state index < -0.39 is 0 Å². The molecule has 4 rings (SSSR count). The van der Waals surface area contributed by atoms with E-state index in [4.69, 9.17) is 4.74 Å². The Kier molecular flexibility index (Phi) is 4.16. The first-order valence-corrected chi connectivity index (χ1v) is 10.3. The summed E-state index contributed by atoms with van der Waals surface area (Å²) < 4.78 is 5.55. The minimum absolute atomic E-state index is 0.127. The van der Waals surface area contributed by atoms with Gasteiger partial charge in [-0.3, -0.25) is 4.79 Å². The molecule has 4 saturated carbocycles. The van der Waals surface area contributed by atoms with Gasteiger partial charge in [0.1, 0.15) is 6.10 Å². The van der Waals surface area contributed by atoms with E-state index in [1.165, 1.54) is 45.4 Å². The average Bonchev–Trinajstić information content (AvgIpc) is 2.91. The second kappa shape index (κ2) is 5.99. The Labute approximate surface area is 151 Å². The van der Waals surface area contributed by atoms with Crippen molar-refractivity contribution in [3.8, 4) is 0 Å². The molecule has 4 nitrogen and oxygen atoms in total. The lowest BCUT2D eigenvalue weighted by Gasteiger charge is -2.60. The monoisotopic (exact) mass is 347 g/mol. The van der Waals surface area contributed by atoms with E-state index in [9.17, 15) is 10.0 Å². The molecule has 0 spiro atoms. The Morgan fingerprint density at radius 3 is 2.64 bits per heavy atom. The van der Waals surface area contributed by atoms with Crippen molar-refractivity contribution < 1.29 is 14.7 Å². The zero-order chi connectivity index (χ0) is 17.8. The molecule has 0 amide bonds. The highest BCUT2D eigenvalue weighted by atomic mass is 16.5. The summed E-state index contributed by atoms with van der Waals surface area (Å²) >= 11 is 0. The van der Waals surface area contributed by atoms with Gasteiger partial charge in [-0.25, -0.2) is 0 Å². The highest BCUT2D eigenvalue weighted by molar-refractivity contribution is 5.91. The Hall–Kier alpha value is -1.06. The smallest absolute Gasteiger partial charge is 0.302 e. The highest BCUT2D eigenvalue weighted by Crippen LogP contribution is 2.65. The van der Waals surface area contributed by atoms with Gasteiger partial charge in [0.15, 0.2) is 0 Å². The number of rotatable bonds is 1. The molecule has 7 atom stereocenters. The minimum atomic E-state index is -0.127. The van der Waals surface area contributed by atoms with Gasteiger partial charge in [-0.15, -0.1) is 0 Å². The van der Waals surface area contributed by atoms with E-state index >= 15 is 0 Å². The summed E-state index contributed by atoms with van der Waals surface area (Å²) in [7, 11) is 0. The van der Waals surface area contributed by atoms with Crippen LogP contribution in [0.1, 0.15) is 78.6 Å². The van der Waals surface area contributed by atoms with Crippen LogP contribution in [-0.4, -0.2) is 23.0 Å². The van der Waals surface area contributed by atoms with E-state index in [1.807, 2.05) is 0 Å². The highest BCUT2D eigenvalue weighted by Gasteiger charge is 2.59. The standard InChI is InChI=1S/C21H33NO3/c1-13(23)25-15-8-10-20(2)14(12-15)4-5-16-17-6-7-19(22-24)21(17,3)11-9-18(16)20/h14-18,24H,4-12H2,1-3H3/b22-19+/t14?,15?,16-,17-,18-,20-,21-/m0/s1. The Morgan fingerprint density at radius 1 is 1.12 bits per heavy atom. The van der Waals surface area contributed by atoms with Gasteiger partial charge in [0, 0.05) is 12.3 Å². The number of carbonyl (C=O) groups is 1. The maximum Gasteiger partial charge on any atom is 0.302 e. The van der Waals surface area contributed by atoms with Crippen molar-refractivity contribution in [2.75, 3.05) is 0 Å². The molecule has 4 heteroatoms. The molecule has 0 aromatic heterocycles. The Bertz CT molecular complexity index is 588. The molecule has 0 aromatic rings. The molecule has 4 aliphatic rings. The molecule has 4 aliphatic carbocycles. The van der Waals surface area contributed by atoms with Crippen LogP contribution < -0.4 is 0 Å². The normalized spacial score (nSPS) is 50.7. The van der Waals surface area contributed by atoms with Gasteiger partial charge in [-0.2, -0.15) is 0 Å². The largest absolute Gasteiger partial charge is 0.463 e. The molecule has 0 aliphatic heterocycles. The van der Waals surface area contributed by atoms with Gasteiger partial charge in [-0.05, 0) is 86.9 Å². The third-order valence-electron chi connectivity index (χ3n) is 8.81. The van der Waals surface area contributed by atoms with Gasteiger partial charge in [0.05, 0.1) is 5.71 Å². The number of ether oxygens (including phenoxy) is 1. The lowest BCUT2D eigenvalue weighted by atomic mass is 9.45. The lowest BCUT2D eigenvalue weighted by Crippen LogP contribution is -2.54. The maximum atomic E-state index is 11.3. The molecular formula is C21H33NO3. The molecule has 25 heavy (non-hydrogen) atoms. The van der Waals surface area contributed by atoms with Crippen LogP contribution in [0.5, 0.6) is 0 Å². The van der Waals surface area contributed by atoms with Crippen molar-refractivity contribution in [3.63, 3.8) is 0 Å². The molecular weight excluding hydrogens is 314 g/mol. The number of esters is 1. The zero-order valence-electron chi connectivity index (χ0n) is 16.0. The number of fused-ring (bicyclic) bond motifs is 5. The summed E-state index contributed by atoms with van der Waals surface area (Å²) in [6.07, 6.45) is 10.6. The van der Waals surface area contributed by atoms with Gasteiger partial charge in [0.25, 0.3) is 0 Å². The van der Waals surface area contributed by atoms with Gasteiger partial charge in [0.2, 0.25) is 0 Å². The van der Waals surface area contributed by atoms with Crippen LogP contribution in [-0.2, 0) is 9.53 Å². The molecule has 1 N–H and O–H groups in total. The second-order valence-corrected chi connectivity index (χ2v) is 9.70. The fourth-order valence-corrected chi connectivity index (χ4v) is 7.51. The van der Waals surface area contributed by atoms with E-state index in [0.717, 1.165) is 36.8 Å². The van der Waals surface area contributed by atoms with E-state index in [0.29, 0.717) is 17.3 Å². The molecule has 0 aromatic carbocycles. The van der Waals surface area contributed by atoms with Crippen LogP contribution >= 0.6 is 0 Å². The molecule has 0 saturated heterocycles. The van der Waals surface area contributed by atoms with E-state index in [1.54, 1.807) is 0 Å². The van der Waals surface area contributed by atoms with E-state index in [2.05, 4.69) is 19.0 Å². The van der Waals surface area contributed by atoms with Crippen LogP contribution in [0, 0.1) is 34.5 Å². The van der Waals surface area contributed by atoms with Gasteiger partial charge >= 0.3 is 5.97 Å². The summed E-state index contributed by atoms with van der Waals surface area (Å²) in [5.41, 5.74) is 1.59. The van der Waals surface area contributed by atoms with Crippen molar-refractivity contribution in [2.45, 2.75) is 84.7 Å². The van der Waals surface area contributed by atoms with Crippen LogP contribution in [0.3, 0.4) is 0 Å². The van der Waals surface area contributed by atoms with Crippen LogP contribution in [0.25, 0.3) is 0 Å². The maximum absolute atomic E-state index is 11.3. The average molecular weight is 347 g/mol. The summed E-state index contributed by atoms with van der Waals surface area (Å²) in [6, 6.07) is 0. The van der Waals surface area contributed by atoms with Gasteiger partial charge < -0.3 is 9.94 Å². The van der Waals surface area contributed by atoms with Crippen molar-refractivity contribution in [1.29, 1.82) is 0 Å². The fourth-order valence-electron chi connectivity index (χ4n) is 7.51. The number of hydrogen-bond donors (Lipinski definition) is 1. The molecule has 0 bridgehead atoms. The number of nitrogens with zero attached hydrogens (tertiary/aromatic N) is 1. The number of oxime groups is 1. The fraction of sp³-hybridized carbons (Fsp3) is 0.905. The quantitative estimate of drug-likeness (QED) is 0.421. The van der Waals surface area contributed by atoms with Crippen LogP contribution in [0.4, 0.5) is 0 Å². The van der Waals surface area contributed by atoms with Crippen molar-refractivity contribution in [3.05, 3.63) is 0 Å². The molecule has 0 heterocycles. The van der Waals surface area contributed by atoms with Crippen molar-refractivity contribution >= 4 is 11.7 Å². The van der Waals surface area contributed by atoms with Crippen LogP contribution in [0.2, 0.25) is 0 Å². The van der Waals surface area contributed by atoms with Crippen LogP contribution in [0.15, 0.2) is 5.16 Å². The summed E-state index contributed by atoms with van der Waals surface area (Å²) in [6.45, 7) is 6.41. The zero-order valence-corrected chi connectivity index (χ0v) is 16.0. The SMILES string of the molecule is CC(=O)OC1CC[C@@]2(C)C(CC[C@@H]3[C@@H]2CC[C@]2(C)/C(=N/O)CC[C@@H]32)C1. The Balaban J connectivity index is 1.55. The topological polar surface area (TPSA) is 58.9 Å². The lowest BCUT2D eigenvalue weighted by molar-refractivity contribution is -0.158. The third kappa shape index (κ3) is 2.54. The second-order valence-electron chi connectivity index (χ2n) is 9.70. The number of carbonyl (C=O) groups excluding carboxylic acids is 1. The first-order valence-electron chi connectivity index (χ1n) is 10.3. The minimum Gasteiger partial charge on any atom is -0.463 e. The number of hydrogen-bond acceptors (Lipinski definition) is 4. The predicted molar refractivity (Wildman–Crippen MR) is 96.5 cm³/mol. The first kappa shape index (κ1) is 17.4. The Morgan fingerprint density at radius 2 is 1.92 bits per heavy atom. The third-order valence-corrected chi connectivity index (χ3v) is 8.81. The summed E-state index contributed by atoms with van der Waals surface area (Å²) in [5.74, 6) is 2.84. The molecule has 2 unspecified atom stereocenters. The summed E-state index contributed by atoms with van der Waals surface area (Å²) in [4.78, 5) is 11.3.